The van der Waals surface area contributed by atoms with Crippen LogP contribution in [0.2, 0.25) is 5.02 Å². The average Bonchev–Trinajstić information content (AvgIpc) is 2.58. The zero-order valence-electron chi connectivity index (χ0n) is 11.3. The first-order valence-electron chi connectivity index (χ1n) is 6.49. The number of anilines is 1. The van der Waals surface area contributed by atoms with Gasteiger partial charge in [-0.1, -0.05) is 35.9 Å². The van der Waals surface area contributed by atoms with Crippen LogP contribution < -0.4 is 5.32 Å². The molecule has 2 N–H and O–H groups in total. The number of hydrogen-bond donors (Lipinski definition) is 2. The van der Waals surface area contributed by atoms with Crippen molar-refractivity contribution in [2.24, 2.45) is 4.99 Å². The number of carbonyl (C=O) groups excluding carboxylic acids is 1. The van der Waals surface area contributed by atoms with Crippen molar-refractivity contribution in [1.29, 1.82) is 0 Å². The number of amides is 1. The predicted molar refractivity (Wildman–Crippen MR) is 82.9 cm³/mol. The molecule has 2 aromatic carbocycles. The van der Waals surface area contributed by atoms with E-state index < -0.39 is 12.1 Å². The Bertz CT molecular complexity index is 756. The second-order valence-electron chi connectivity index (χ2n) is 4.85. The summed E-state index contributed by atoms with van der Waals surface area (Å²) < 4.78 is 0. The Morgan fingerprint density at radius 1 is 1.19 bits per heavy atom. The molecule has 1 amide bonds. The summed E-state index contributed by atoms with van der Waals surface area (Å²) in [6.45, 7) is 1.95. The molecule has 106 valence electrons. The third-order valence-electron chi connectivity index (χ3n) is 3.38. The maximum atomic E-state index is 11.8. The predicted octanol–water partition coefficient (Wildman–Crippen LogP) is 2.76. The van der Waals surface area contributed by atoms with E-state index in [0.29, 0.717) is 22.0 Å². The van der Waals surface area contributed by atoms with Crippen LogP contribution in [0.5, 0.6) is 0 Å². The third-order valence-corrected chi connectivity index (χ3v) is 3.62. The lowest BCUT2D eigenvalue weighted by Gasteiger charge is -2.12. The summed E-state index contributed by atoms with van der Waals surface area (Å²) in [6, 6.07) is 12.8. The number of fused-ring (bicyclic) bond motifs is 1. The van der Waals surface area contributed by atoms with Crippen LogP contribution in [-0.2, 0) is 4.79 Å². The quantitative estimate of drug-likeness (QED) is 0.850. The number of benzodiazepines with no additional fused rings is 1. The number of nitrogens with zero attached hydrogens (tertiary/aromatic N) is 1. The molecule has 1 aliphatic rings. The van der Waals surface area contributed by atoms with Crippen LogP contribution in [0.3, 0.4) is 0 Å². The average molecular weight is 301 g/mol. The molecule has 5 heteroatoms. The van der Waals surface area contributed by atoms with Gasteiger partial charge in [0.15, 0.2) is 0 Å². The highest BCUT2D eigenvalue weighted by Crippen LogP contribution is 2.27. The van der Waals surface area contributed by atoms with E-state index in [1.807, 2.05) is 31.2 Å². The molecule has 1 unspecified atom stereocenters. The Kier molecular flexibility index (Phi) is 3.49. The Balaban J connectivity index is 2.27. The van der Waals surface area contributed by atoms with Crippen LogP contribution in [0.4, 0.5) is 5.69 Å². The van der Waals surface area contributed by atoms with Crippen molar-refractivity contribution in [2.45, 2.75) is 13.2 Å². The molecule has 0 radical (unpaired) electrons. The normalized spacial score (nSPS) is 17.6. The molecule has 0 aliphatic carbocycles. The van der Waals surface area contributed by atoms with Crippen LogP contribution in [0, 0.1) is 6.92 Å². The van der Waals surface area contributed by atoms with Crippen molar-refractivity contribution in [3.63, 3.8) is 0 Å². The van der Waals surface area contributed by atoms with E-state index >= 15 is 0 Å². The number of aliphatic imine (C=N–C) groups is 1. The first-order chi connectivity index (χ1) is 10.1. The Labute approximate surface area is 127 Å². The van der Waals surface area contributed by atoms with E-state index in [1.165, 1.54) is 0 Å². The number of aliphatic hydroxyl groups excluding tert-OH is 1. The monoisotopic (exact) mass is 300 g/mol. The molecular formula is C16H13ClN2O2. The molecule has 0 fully saturated rings. The molecule has 3 rings (SSSR count). The third kappa shape index (κ3) is 2.55. The second-order valence-corrected chi connectivity index (χ2v) is 5.28. The molecule has 2 aromatic rings. The van der Waals surface area contributed by atoms with Gasteiger partial charge in [0.05, 0.1) is 11.4 Å². The minimum Gasteiger partial charge on any atom is -0.364 e. The van der Waals surface area contributed by atoms with E-state index in [4.69, 9.17) is 11.6 Å². The Morgan fingerprint density at radius 3 is 2.71 bits per heavy atom. The zero-order chi connectivity index (χ0) is 15.0. The molecule has 0 spiro atoms. The van der Waals surface area contributed by atoms with Crippen LogP contribution in [-0.4, -0.2) is 23.0 Å². The minimum absolute atomic E-state index is 0.542. The van der Waals surface area contributed by atoms with Gasteiger partial charge in [-0.15, -0.1) is 0 Å². The molecular weight excluding hydrogens is 288 g/mol. The second kappa shape index (κ2) is 5.31. The smallest absolute Gasteiger partial charge is 0.276 e. The molecule has 0 saturated carbocycles. The van der Waals surface area contributed by atoms with Crippen molar-refractivity contribution in [3.05, 3.63) is 64.2 Å². The van der Waals surface area contributed by atoms with Gasteiger partial charge in [0, 0.05) is 16.1 Å². The van der Waals surface area contributed by atoms with Gasteiger partial charge in [0.25, 0.3) is 5.91 Å². The molecule has 0 saturated heterocycles. The van der Waals surface area contributed by atoms with Gasteiger partial charge in [0.1, 0.15) is 0 Å². The summed E-state index contributed by atoms with van der Waals surface area (Å²) >= 11 is 6.07. The highest BCUT2D eigenvalue weighted by molar-refractivity contribution is 6.32. The van der Waals surface area contributed by atoms with E-state index in [0.717, 1.165) is 11.1 Å². The molecule has 1 atom stereocenters. The number of benzene rings is 2. The molecule has 21 heavy (non-hydrogen) atoms. The highest BCUT2D eigenvalue weighted by Gasteiger charge is 2.24. The van der Waals surface area contributed by atoms with Gasteiger partial charge in [-0.05, 0) is 30.7 Å². The number of aryl methyl sites for hydroxylation is 1. The number of rotatable bonds is 1. The summed E-state index contributed by atoms with van der Waals surface area (Å²) in [6.07, 6.45) is -1.44. The summed E-state index contributed by atoms with van der Waals surface area (Å²) in [7, 11) is 0. The minimum atomic E-state index is -1.44. The van der Waals surface area contributed by atoms with Crippen LogP contribution in [0.25, 0.3) is 0 Å². The van der Waals surface area contributed by atoms with Gasteiger partial charge in [-0.2, -0.15) is 0 Å². The lowest BCUT2D eigenvalue weighted by molar-refractivity contribution is -0.123. The van der Waals surface area contributed by atoms with Crippen LogP contribution in [0.1, 0.15) is 16.7 Å². The number of aliphatic hydroxyl groups is 1. The van der Waals surface area contributed by atoms with Crippen molar-refractivity contribution in [2.75, 3.05) is 5.32 Å². The Hall–Kier alpha value is -2.17. The van der Waals surface area contributed by atoms with Gasteiger partial charge in [-0.25, -0.2) is 4.99 Å². The van der Waals surface area contributed by atoms with Crippen molar-refractivity contribution >= 4 is 28.9 Å². The van der Waals surface area contributed by atoms with Crippen molar-refractivity contribution in [1.82, 2.24) is 0 Å². The lowest BCUT2D eigenvalue weighted by Crippen LogP contribution is -2.24. The largest absolute Gasteiger partial charge is 0.364 e. The number of nitrogens with one attached hydrogen (secondary N) is 1. The van der Waals surface area contributed by atoms with Gasteiger partial charge in [-0.3, -0.25) is 4.79 Å². The molecule has 1 heterocycles. The lowest BCUT2D eigenvalue weighted by atomic mass is 9.97. The van der Waals surface area contributed by atoms with E-state index in [9.17, 15) is 9.90 Å². The summed E-state index contributed by atoms with van der Waals surface area (Å²) in [4.78, 5) is 16.0. The summed E-state index contributed by atoms with van der Waals surface area (Å²) in [5.74, 6) is -0.554. The number of halogens is 1. The maximum absolute atomic E-state index is 11.8. The summed E-state index contributed by atoms with van der Waals surface area (Å²) in [5.41, 5.74) is 3.70. The van der Waals surface area contributed by atoms with E-state index in [-0.39, 0.29) is 0 Å². The molecule has 1 aliphatic heterocycles. The number of carbonyl (C=O) groups is 1. The highest BCUT2D eigenvalue weighted by atomic mass is 35.5. The van der Waals surface area contributed by atoms with Crippen LogP contribution >= 0.6 is 11.6 Å². The van der Waals surface area contributed by atoms with Gasteiger partial charge in [0.2, 0.25) is 6.23 Å². The fourth-order valence-corrected chi connectivity index (χ4v) is 2.49. The first kappa shape index (κ1) is 13.8. The number of hydrogen-bond acceptors (Lipinski definition) is 3. The standard InChI is InChI=1S/C16H13ClN2O2/c1-9-4-2-3-5-11(9)14-12-8-10(17)6-7-13(12)18-15(20)16(21)19-14/h2-8,16,21H,1H3,(H,18,20). The fraction of sp³-hybridized carbons (Fsp3) is 0.125. The molecule has 4 nitrogen and oxygen atoms in total. The zero-order valence-corrected chi connectivity index (χ0v) is 12.1. The van der Waals surface area contributed by atoms with Crippen molar-refractivity contribution < 1.29 is 9.90 Å². The van der Waals surface area contributed by atoms with Gasteiger partial charge >= 0.3 is 0 Å². The van der Waals surface area contributed by atoms with E-state index in [2.05, 4.69) is 10.3 Å². The van der Waals surface area contributed by atoms with E-state index in [1.54, 1.807) is 18.2 Å². The topological polar surface area (TPSA) is 61.7 Å². The molecule has 0 aromatic heterocycles. The fourth-order valence-electron chi connectivity index (χ4n) is 2.32. The van der Waals surface area contributed by atoms with Crippen LogP contribution in [0.15, 0.2) is 47.5 Å². The first-order valence-corrected chi connectivity index (χ1v) is 6.87. The van der Waals surface area contributed by atoms with Gasteiger partial charge < -0.3 is 10.4 Å². The van der Waals surface area contributed by atoms with Crippen molar-refractivity contribution in [3.8, 4) is 0 Å². The summed E-state index contributed by atoms with van der Waals surface area (Å²) in [5, 5.41) is 13.1. The molecule has 0 bridgehead atoms. The Morgan fingerprint density at radius 2 is 1.95 bits per heavy atom. The maximum Gasteiger partial charge on any atom is 0.276 e. The SMILES string of the molecule is Cc1ccccc1C1=NC(O)C(=O)Nc2ccc(Cl)cc21.